The molecule has 2 N–H and O–H groups in total. The van der Waals surface area contributed by atoms with Gasteiger partial charge in [0.25, 0.3) is 11.5 Å². The molecule has 5 aromatic rings. The highest BCUT2D eigenvalue weighted by atomic mass is 35.5. The van der Waals surface area contributed by atoms with E-state index < -0.39 is 5.56 Å². The summed E-state index contributed by atoms with van der Waals surface area (Å²) >= 11 is 6.00. The van der Waals surface area contributed by atoms with Crippen molar-refractivity contribution < 1.29 is 18.7 Å². The van der Waals surface area contributed by atoms with Crippen molar-refractivity contribution in [3.63, 3.8) is 0 Å². The summed E-state index contributed by atoms with van der Waals surface area (Å²) < 4.78 is 25.6. The summed E-state index contributed by atoms with van der Waals surface area (Å²) in [5.74, 6) is 0.585. The van der Waals surface area contributed by atoms with Gasteiger partial charge in [-0.15, -0.1) is 0 Å². The molecule has 206 valence electrons. The number of benzene rings is 4. The molecular formula is C31H24ClFN4O4. The van der Waals surface area contributed by atoms with Crippen LogP contribution in [0.3, 0.4) is 0 Å². The lowest BCUT2D eigenvalue weighted by Crippen LogP contribution is -2.24. The maximum atomic E-state index is 13.7. The van der Waals surface area contributed by atoms with Crippen molar-refractivity contribution in [2.45, 2.75) is 6.54 Å². The van der Waals surface area contributed by atoms with Crippen LogP contribution in [0.5, 0.6) is 17.2 Å². The van der Waals surface area contributed by atoms with E-state index in [0.29, 0.717) is 33.5 Å². The van der Waals surface area contributed by atoms with E-state index in [2.05, 4.69) is 15.7 Å². The van der Waals surface area contributed by atoms with E-state index in [0.717, 1.165) is 5.56 Å². The Morgan fingerprint density at radius 2 is 1.66 bits per heavy atom. The van der Waals surface area contributed by atoms with Crippen LogP contribution in [0, 0.1) is 5.82 Å². The molecule has 0 atom stereocenters. The predicted octanol–water partition coefficient (Wildman–Crippen LogP) is 6.50. The SMILES string of the molecule is COc1ccc(-n2ncc(Oc3ccc(Cl)cc3)c(Nc3cccc(C(=O)NCc4ccc(F)cc4)c3)c2=O)cc1. The van der Waals surface area contributed by atoms with Crippen LogP contribution in [0.4, 0.5) is 15.8 Å². The number of nitrogens with zero attached hydrogens (tertiary/aromatic N) is 2. The molecule has 0 spiro atoms. The van der Waals surface area contributed by atoms with Gasteiger partial charge >= 0.3 is 0 Å². The van der Waals surface area contributed by atoms with E-state index in [4.69, 9.17) is 21.1 Å². The van der Waals surface area contributed by atoms with Crippen molar-refractivity contribution in [1.82, 2.24) is 15.1 Å². The number of aromatic nitrogens is 2. The molecule has 0 radical (unpaired) electrons. The van der Waals surface area contributed by atoms with Gasteiger partial charge in [0, 0.05) is 22.8 Å². The Hall–Kier alpha value is -5.15. The van der Waals surface area contributed by atoms with Crippen LogP contribution in [0.25, 0.3) is 5.69 Å². The highest BCUT2D eigenvalue weighted by Crippen LogP contribution is 2.30. The maximum Gasteiger partial charge on any atom is 0.299 e. The second-order valence-electron chi connectivity index (χ2n) is 8.87. The molecule has 10 heteroatoms. The topological polar surface area (TPSA) is 94.5 Å². The van der Waals surface area contributed by atoms with Crippen LogP contribution in [0.1, 0.15) is 15.9 Å². The van der Waals surface area contributed by atoms with Gasteiger partial charge in [0.05, 0.1) is 19.0 Å². The minimum Gasteiger partial charge on any atom is -0.497 e. The van der Waals surface area contributed by atoms with Gasteiger partial charge in [-0.05, 0) is 84.4 Å². The van der Waals surface area contributed by atoms with Crippen molar-refractivity contribution in [3.05, 3.63) is 136 Å². The molecule has 1 heterocycles. The monoisotopic (exact) mass is 570 g/mol. The van der Waals surface area contributed by atoms with Gasteiger partial charge in [-0.1, -0.05) is 29.8 Å². The normalized spacial score (nSPS) is 10.6. The molecule has 8 nitrogen and oxygen atoms in total. The minimum atomic E-state index is -0.479. The lowest BCUT2D eigenvalue weighted by molar-refractivity contribution is 0.0951. The van der Waals surface area contributed by atoms with E-state index >= 15 is 0 Å². The fourth-order valence-electron chi connectivity index (χ4n) is 3.94. The minimum absolute atomic E-state index is 0.106. The second-order valence-corrected chi connectivity index (χ2v) is 9.31. The summed E-state index contributed by atoms with van der Waals surface area (Å²) in [6.07, 6.45) is 1.43. The number of anilines is 2. The summed E-state index contributed by atoms with van der Waals surface area (Å²) in [4.78, 5) is 26.5. The first kappa shape index (κ1) is 27.4. The standard InChI is InChI=1S/C31H24ClFN4O4/c1-40-26-15-11-25(12-16-26)37-31(39)29(28(19-35-37)41-27-13-7-22(32)8-14-27)36-24-4-2-3-21(17-24)30(38)34-18-20-5-9-23(33)10-6-20/h2-17,19,36H,18H2,1H3,(H,34,38). The number of hydrogen-bond acceptors (Lipinski definition) is 6. The number of hydrogen-bond donors (Lipinski definition) is 2. The summed E-state index contributed by atoms with van der Waals surface area (Å²) in [7, 11) is 1.56. The van der Waals surface area contributed by atoms with Crippen LogP contribution >= 0.6 is 11.6 Å². The Morgan fingerprint density at radius 1 is 0.951 bits per heavy atom. The molecule has 0 aliphatic heterocycles. The highest BCUT2D eigenvalue weighted by Gasteiger charge is 2.16. The summed E-state index contributed by atoms with van der Waals surface area (Å²) in [5, 5.41) is 10.8. The third kappa shape index (κ3) is 6.71. The Morgan fingerprint density at radius 3 is 2.37 bits per heavy atom. The molecule has 0 saturated carbocycles. The van der Waals surface area contributed by atoms with Gasteiger partial charge in [-0.2, -0.15) is 9.78 Å². The van der Waals surface area contributed by atoms with Gasteiger partial charge in [0.1, 0.15) is 17.3 Å². The molecule has 0 unspecified atom stereocenters. The Balaban J connectivity index is 1.44. The Labute approximate surface area is 239 Å². The number of amides is 1. The number of methoxy groups -OCH3 is 1. The average molecular weight is 571 g/mol. The lowest BCUT2D eigenvalue weighted by atomic mass is 10.1. The fourth-order valence-corrected chi connectivity index (χ4v) is 4.06. The van der Waals surface area contributed by atoms with Crippen molar-refractivity contribution in [2.75, 3.05) is 12.4 Å². The highest BCUT2D eigenvalue weighted by molar-refractivity contribution is 6.30. The average Bonchev–Trinajstić information content (AvgIpc) is 3.00. The number of rotatable bonds is 9. The van der Waals surface area contributed by atoms with E-state index in [1.54, 1.807) is 92.0 Å². The van der Waals surface area contributed by atoms with Crippen LogP contribution in [0.2, 0.25) is 5.02 Å². The van der Waals surface area contributed by atoms with E-state index in [1.807, 2.05) is 0 Å². The molecular weight excluding hydrogens is 547 g/mol. The molecule has 0 saturated heterocycles. The Bertz CT molecular complexity index is 1720. The zero-order chi connectivity index (χ0) is 28.8. The molecule has 0 aliphatic carbocycles. The van der Waals surface area contributed by atoms with E-state index in [-0.39, 0.29) is 29.7 Å². The van der Waals surface area contributed by atoms with Gasteiger partial charge in [-0.3, -0.25) is 9.59 Å². The van der Waals surface area contributed by atoms with E-state index in [9.17, 15) is 14.0 Å². The largest absolute Gasteiger partial charge is 0.497 e. The zero-order valence-electron chi connectivity index (χ0n) is 21.8. The predicted molar refractivity (Wildman–Crippen MR) is 155 cm³/mol. The molecule has 1 aromatic heterocycles. The molecule has 0 fully saturated rings. The fraction of sp³-hybridized carbons (Fsp3) is 0.0645. The second kappa shape index (κ2) is 12.4. The van der Waals surface area contributed by atoms with Crippen LogP contribution in [-0.2, 0) is 6.54 Å². The number of nitrogens with one attached hydrogen (secondary N) is 2. The molecule has 0 aliphatic rings. The van der Waals surface area contributed by atoms with Gasteiger partial charge in [0.2, 0.25) is 0 Å². The first-order valence-electron chi connectivity index (χ1n) is 12.5. The lowest BCUT2D eigenvalue weighted by Gasteiger charge is -2.15. The third-order valence-corrected chi connectivity index (χ3v) is 6.31. The smallest absolute Gasteiger partial charge is 0.299 e. The van der Waals surface area contributed by atoms with Gasteiger partial charge in [-0.25, -0.2) is 4.39 Å². The van der Waals surface area contributed by atoms with Crippen LogP contribution < -0.4 is 25.7 Å². The van der Waals surface area contributed by atoms with Gasteiger partial charge < -0.3 is 20.1 Å². The molecule has 0 bridgehead atoms. The first-order valence-corrected chi connectivity index (χ1v) is 12.9. The molecule has 4 aromatic carbocycles. The van der Waals surface area contributed by atoms with Crippen molar-refractivity contribution in [3.8, 4) is 22.9 Å². The first-order chi connectivity index (χ1) is 19.9. The third-order valence-electron chi connectivity index (χ3n) is 6.06. The van der Waals surface area contributed by atoms with Crippen LogP contribution in [0.15, 0.2) is 108 Å². The van der Waals surface area contributed by atoms with Crippen molar-refractivity contribution >= 4 is 28.9 Å². The number of ether oxygens (including phenoxy) is 2. The summed E-state index contributed by atoms with van der Waals surface area (Å²) in [6, 6.07) is 26.1. The molecule has 1 amide bonds. The quantitative estimate of drug-likeness (QED) is 0.210. The number of halogens is 2. The zero-order valence-corrected chi connectivity index (χ0v) is 22.6. The number of carbonyl (C=O) groups is 1. The maximum absolute atomic E-state index is 13.7. The van der Waals surface area contributed by atoms with E-state index in [1.165, 1.54) is 23.0 Å². The molecule has 41 heavy (non-hydrogen) atoms. The summed E-state index contributed by atoms with van der Waals surface area (Å²) in [6.45, 7) is 0.229. The number of carbonyl (C=O) groups excluding carboxylic acids is 1. The Kier molecular flexibility index (Phi) is 8.26. The summed E-state index contributed by atoms with van der Waals surface area (Å²) in [5.41, 5.74) is 1.74. The van der Waals surface area contributed by atoms with Gasteiger partial charge in [0.15, 0.2) is 11.4 Å². The van der Waals surface area contributed by atoms with Crippen molar-refractivity contribution in [1.29, 1.82) is 0 Å². The van der Waals surface area contributed by atoms with Crippen molar-refractivity contribution in [2.24, 2.45) is 0 Å². The van der Waals surface area contributed by atoms with Crippen LogP contribution in [-0.4, -0.2) is 22.8 Å². The molecule has 5 rings (SSSR count).